The van der Waals surface area contributed by atoms with Gasteiger partial charge in [-0.15, -0.1) is 0 Å². The Labute approximate surface area is 208 Å². The molecule has 1 aromatic carbocycles. The van der Waals surface area contributed by atoms with Crippen molar-refractivity contribution in [1.82, 2.24) is 16.0 Å². The molecule has 1 fully saturated rings. The highest BCUT2D eigenvalue weighted by Gasteiger charge is 2.26. The lowest BCUT2D eigenvalue weighted by Gasteiger charge is -2.23. The molecule has 2 atom stereocenters. The van der Waals surface area contributed by atoms with E-state index in [-0.39, 0.29) is 17.6 Å². The molecule has 0 aliphatic heterocycles. The molecule has 2 unspecified atom stereocenters. The van der Waals surface area contributed by atoms with Crippen LogP contribution in [0.5, 0.6) is 0 Å². The third kappa shape index (κ3) is 10.5. The fraction of sp³-hybridized carbons (Fsp3) is 0.640. The second-order valence-electron chi connectivity index (χ2n) is 9.43. The first-order valence-electron chi connectivity index (χ1n) is 12.6. The Morgan fingerprint density at radius 2 is 1.63 bits per heavy atom. The number of hydrogen-bond acceptors (Lipinski definition) is 4. The Balaban J connectivity index is 1.86. The zero-order valence-electron chi connectivity index (χ0n) is 20.8. The van der Waals surface area contributed by atoms with Crippen LogP contribution in [0.25, 0.3) is 0 Å². The van der Waals surface area contributed by atoms with Gasteiger partial charge in [0.05, 0.1) is 5.30 Å². The zero-order valence-corrected chi connectivity index (χ0v) is 21.7. The minimum absolute atomic E-state index is 0.117. The summed E-state index contributed by atoms with van der Waals surface area (Å²) in [4.78, 5) is 55.7. The third-order valence-corrected chi connectivity index (χ3v) is 7.48. The van der Waals surface area contributed by atoms with Gasteiger partial charge in [0, 0.05) is 19.9 Å². The van der Waals surface area contributed by atoms with E-state index in [9.17, 15) is 28.7 Å². The highest BCUT2D eigenvalue weighted by molar-refractivity contribution is 7.60. The number of carbonyl (C=O) groups excluding carboxylic acids is 3. The van der Waals surface area contributed by atoms with E-state index in [1.54, 1.807) is 0 Å². The lowest BCUT2D eigenvalue weighted by molar-refractivity contribution is -0.131. The van der Waals surface area contributed by atoms with Gasteiger partial charge in [-0.05, 0) is 36.5 Å². The second-order valence-corrected chi connectivity index (χ2v) is 11.0. The molecular formula is C25H40N3O6P. The molecule has 1 saturated carbocycles. The summed E-state index contributed by atoms with van der Waals surface area (Å²) < 4.78 is 11.4. The van der Waals surface area contributed by atoms with Gasteiger partial charge in [0.2, 0.25) is 17.7 Å². The van der Waals surface area contributed by atoms with Crippen molar-refractivity contribution in [2.45, 2.75) is 90.1 Å². The molecule has 0 radical (unpaired) electrons. The summed E-state index contributed by atoms with van der Waals surface area (Å²) in [6, 6.07) is 3.98. The van der Waals surface area contributed by atoms with Crippen LogP contribution in [0.4, 0.5) is 0 Å². The highest BCUT2D eigenvalue weighted by Crippen LogP contribution is 2.32. The lowest BCUT2D eigenvalue weighted by atomic mass is 9.86. The summed E-state index contributed by atoms with van der Waals surface area (Å²) in [5.74, 6) is -0.307. The Kier molecular flexibility index (Phi) is 11.9. The molecule has 1 aliphatic rings. The molecule has 10 heteroatoms. The number of unbranched alkanes of at least 4 members (excludes halogenated alkanes) is 1. The predicted octanol–water partition coefficient (Wildman–Crippen LogP) is 2.30. The quantitative estimate of drug-likeness (QED) is 0.204. The van der Waals surface area contributed by atoms with Crippen molar-refractivity contribution in [3.05, 3.63) is 29.8 Å². The molecule has 35 heavy (non-hydrogen) atoms. The molecule has 0 bridgehead atoms. The predicted molar refractivity (Wildman–Crippen MR) is 135 cm³/mol. The van der Waals surface area contributed by atoms with Gasteiger partial charge in [0.15, 0.2) is 0 Å². The molecule has 0 saturated heterocycles. The molecule has 9 nitrogen and oxygen atoms in total. The Morgan fingerprint density at radius 3 is 2.20 bits per heavy atom. The van der Waals surface area contributed by atoms with E-state index in [0.717, 1.165) is 18.8 Å². The monoisotopic (exact) mass is 509 g/mol. The van der Waals surface area contributed by atoms with Gasteiger partial charge in [0.25, 0.3) is 0 Å². The average Bonchev–Trinajstić information content (AvgIpc) is 2.81. The van der Waals surface area contributed by atoms with Gasteiger partial charge in [-0.2, -0.15) is 0 Å². The first-order chi connectivity index (χ1) is 16.6. The van der Waals surface area contributed by atoms with E-state index < -0.39 is 31.5 Å². The van der Waals surface area contributed by atoms with Crippen LogP contribution in [0.2, 0.25) is 0 Å². The van der Waals surface area contributed by atoms with E-state index in [1.807, 2.05) is 6.92 Å². The molecule has 0 spiro atoms. The molecular weight excluding hydrogens is 469 g/mol. The zero-order chi connectivity index (χ0) is 25.8. The number of carbonyl (C=O) groups is 3. The van der Waals surface area contributed by atoms with Gasteiger partial charge >= 0.3 is 7.60 Å². The number of amides is 3. The number of rotatable bonds is 13. The third-order valence-electron chi connectivity index (χ3n) is 6.51. The largest absolute Gasteiger partial charge is 0.356 e. The second kappa shape index (κ2) is 14.4. The topological polar surface area (TPSA) is 145 Å². The first-order valence-corrected chi connectivity index (χ1v) is 14.2. The summed E-state index contributed by atoms with van der Waals surface area (Å²) in [7, 11) is -4.36. The number of hydrogen-bond donors (Lipinski definition) is 5. The van der Waals surface area contributed by atoms with Gasteiger partial charge < -0.3 is 25.7 Å². The van der Waals surface area contributed by atoms with Gasteiger partial charge in [-0.1, -0.05) is 64.0 Å². The van der Waals surface area contributed by atoms with Crippen molar-refractivity contribution in [2.75, 3.05) is 6.54 Å². The highest BCUT2D eigenvalue weighted by atomic mass is 31.2. The van der Waals surface area contributed by atoms with Crippen LogP contribution in [-0.4, -0.2) is 46.1 Å². The maximum Gasteiger partial charge on any atom is 0.356 e. The van der Waals surface area contributed by atoms with Crippen molar-refractivity contribution < 1.29 is 28.7 Å². The molecule has 1 aliphatic carbocycles. The van der Waals surface area contributed by atoms with Crippen LogP contribution in [0.15, 0.2) is 24.3 Å². The van der Waals surface area contributed by atoms with Crippen molar-refractivity contribution >= 4 is 30.6 Å². The van der Waals surface area contributed by atoms with E-state index >= 15 is 0 Å². The lowest BCUT2D eigenvalue weighted by Crippen LogP contribution is -2.54. The number of benzene rings is 1. The Morgan fingerprint density at radius 1 is 0.971 bits per heavy atom. The molecule has 1 aromatic rings. The minimum Gasteiger partial charge on any atom is -0.354 e. The Hall–Kier alpha value is -2.22. The van der Waals surface area contributed by atoms with Crippen molar-refractivity contribution in [1.29, 1.82) is 0 Å². The molecule has 0 heterocycles. The first kappa shape index (κ1) is 29.0. The minimum atomic E-state index is -4.36. The van der Waals surface area contributed by atoms with Gasteiger partial charge in [0.1, 0.15) is 12.1 Å². The average molecular weight is 510 g/mol. The fourth-order valence-electron chi connectivity index (χ4n) is 4.51. The van der Waals surface area contributed by atoms with Crippen molar-refractivity contribution in [3.63, 3.8) is 0 Å². The van der Waals surface area contributed by atoms with Crippen molar-refractivity contribution in [2.24, 2.45) is 5.92 Å². The maximum absolute atomic E-state index is 12.9. The van der Waals surface area contributed by atoms with E-state index in [4.69, 9.17) is 0 Å². The van der Waals surface area contributed by atoms with Gasteiger partial charge in [-0.25, -0.2) is 0 Å². The molecule has 3 amide bonds. The van der Waals surface area contributed by atoms with Crippen LogP contribution >= 0.6 is 7.60 Å². The summed E-state index contributed by atoms with van der Waals surface area (Å²) >= 11 is 0. The Bertz CT molecular complexity index is 880. The summed E-state index contributed by atoms with van der Waals surface area (Å²) in [6.07, 6.45) is 10.4. The summed E-state index contributed by atoms with van der Waals surface area (Å²) in [5.41, 5.74) is 0.617. The van der Waals surface area contributed by atoms with Crippen molar-refractivity contribution in [3.8, 4) is 0 Å². The van der Waals surface area contributed by atoms with E-state index in [1.165, 1.54) is 69.7 Å². The van der Waals surface area contributed by atoms with Crippen LogP contribution in [0, 0.1) is 5.92 Å². The normalized spacial score (nSPS) is 16.2. The van der Waals surface area contributed by atoms with Crippen LogP contribution in [0.3, 0.4) is 0 Å². The molecule has 0 aromatic heterocycles. The molecule has 196 valence electrons. The maximum atomic E-state index is 12.9. The molecule has 2 rings (SSSR count). The van der Waals surface area contributed by atoms with Gasteiger partial charge in [-0.3, -0.25) is 18.9 Å². The number of nitrogens with one attached hydrogen (secondary N) is 3. The standard InChI is InChI=1S/C25H40N3O6P/c1-3-22(24(30)26-16-8-7-11-19-9-5-4-6-10-19)28-25(31)23(27-18(2)29)17-20-12-14-21(15-13-20)35(32,33)34/h12-15,19,22-23H,3-11,16-17H2,1-2H3,(H,26,30)(H,27,29)(H,28,31)(H2,32,33,34). The summed E-state index contributed by atoms with van der Waals surface area (Å²) in [5, 5.41) is 8.12. The van der Waals surface area contributed by atoms with Crippen LogP contribution < -0.4 is 21.3 Å². The molecule has 5 N–H and O–H groups in total. The fourth-order valence-corrected chi connectivity index (χ4v) is 5.05. The van der Waals surface area contributed by atoms with E-state index in [2.05, 4.69) is 16.0 Å². The van der Waals surface area contributed by atoms with E-state index in [0.29, 0.717) is 18.5 Å². The van der Waals surface area contributed by atoms with Crippen LogP contribution in [-0.2, 0) is 25.4 Å². The smallest absolute Gasteiger partial charge is 0.354 e. The summed E-state index contributed by atoms with van der Waals surface area (Å²) in [6.45, 7) is 3.68. The van der Waals surface area contributed by atoms with Crippen LogP contribution in [0.1, 0.15) is 77.2 Å². The SMILES string of the molecule is CCC(NC(=O)C(Cc1ccc(P(=O)(O)O)cc1)NC(C)=O)C(=O)NCCCCC1CCCCC1.